The summed E-state index contributed by atoms with van der Waals surface area (Å²) in [5.74, 6) is 2.83. The second-order valence-electron chi connectivity index (χ2n) is 7.17. The number of ether oxygens (including phenoxy) is 1. The number of fused-ring (bicyclic) bond motifs is 1. The van der Waals surface area contributed by atoms with E-state index >= 15 is 0 Å². The first-order valence-corrected chi connectivity index (χ1v) is 9.05. The molecule has 0 fully saturated rings. The number of hydrogen-bond acceptors (Lipinski definition) is 5. The predicted molar refractivity (Wildman–Crippen MR) is 99.8 cm³/mol. The van der Waals surface area contributed by atoms with Crippen molar-refractivity contribution in [1.29, 1.82) is 0 Å². The van der Waals surface area contributed by atoms with E-state index in [2.05, 4.69) is 39.6 Å². The molecule has 2 heterocycles. The van der Waals surface area contributed by atoms with E-state index in [1.165, 1.54) is 0 Å². The number of aromatic nitrogens is 3. The molecule has 2 rings (SSSR count). The molecule has 9 nitrogen and oxygen atoms in total. The number of nitrogens with one attached hydrogen (secondary N) is 2. The first-order valence-electron chi connectivity index (χ1n) is 9.05. The van der Waals surface area contributed by atoms with Crippen LogP contribution in [0.4, 0.5) is 0 Å². The number of rotatable bonds is 7. The fraction of sp³-hybridized carbons (Fsp3) is 0.765. The Balaban J connectivity index is 2.00. The van der Waals surface area contributed by atoms with Gasteiger partial charge in [0.2, 0.25) is 5.91 Å². The van der Waals surface area contributed by atoms with Gasteiger partial charge in [-0.1, -0.05) is 13.8 Å². The van der Waals surface area contributed by atoms with E-state index in [-0.39, 0.29) is 18.5 Å². The van der Waals surface area contributed by atoms with Gasteiger partial charge < -0.3 is 20.3 Å². The van der Waals surface area contributed by atoms with Gasteiger partial charge in [0, 0.05) is 40.2 Å². The number of methoxy groups -OCH3 is 1. The maximum atomic E-state index is 11.8. The highest BCUT2D eigenvalue weighted by Crippen LogP contribution is 2.13. The molecule has 1 aromatic heterocycles. The van der Waals surface area contributed by atoms with Gasteiger partial charge in [0.05, 0.1) is 6.54 Å². The molecule has 2 N–H and O–H groups in total. The van der Waals surface area contributed by atoms with Crippen molar-refractivity contribution in [3.05, 3.63) is 11.6 Å². The van der Waals surface area contributed by atoms with Crippen LogP contribution in [0.25, 0.3) is 0 Å². The largest absolute Gasteiger partial charge is 0.377 e. The molecule has 26 heavy (non-hydrogen) atoms. The molecule has 0 radical (unpaired) electrons. The summed E-state index contributed by atoms with van der Waals surface area (Å²) < 4.78 is 7.04. The van der Waals surface area contributed by atoms with Gasteiger partial charge in [0.15, 0.2) is 11.8 Å². The summed E-state index contributed by atoms with van der Waals surface area (Å²) in [4.78, 5) is 22.3. The molecule has 1 aliphatic rings. The summed E-state index contributed by atoms with van der Waals surface area (Å²) >= 11 is 0. The predicted octanol–water partition coefficient (Wildman–Crippen LogP) is 0.0187. The lowest BCUT2D eigenvalue weighted by Gasteiger charge is -2.26. The summed E-state index contributed by atoms with van der Waals surface area (Å²) in [7, 11) is 5.11. The van der Waals surface area contributed by atoms with Crippen LogP contribution in [-0.2, 0) is 29.1 Å². The van der Waals surface area contributed by atoms with Gasteiger partial charge in [-0.05, 0) is 12.3 Å². The van der Waals surface area contributed by atoms with Crippen molar-refractivity contribution in [2.24, 2.45) is 10.9 Å². The van der Waals surface area contributed by atoms with Gasteiger partial charge in [0.25, 0.3) is 0 Å². The van der Waals surface area contributed by atoms with Gasteiger partial charge in [-0.3, -0.25) is 4.79 Å². The summed E-state index contributed by atoms with van der Waals surface area (Å²) in [6, 6.07) is 0.187. The number of guanidine groups is 1. The highest BCUT2D eigenvalue weighted by Gasteiger charge is 2.22. The summed E-state index contributed by atoms with van der Waals surface area (Å²) in [6.07, 6.45) is 1.79. The van der Waals surface area contributed by atoms with Crippen molar-refractivity contribution >= 4 is 11.9 Å². The Kier molecular flexibility index (Phi) is 7.38. The molecule has 0 aromatic carbocycles. The lowest BCUT2D eigenvalue weighted by Crippen LogP contribution is -2.48. The second kappa shape index (κ2) is 9.51. The molecule has 1 amide bonds. The third kappa shape index (κ3) is 5.98. The molecule has 146 valence electrons. The smallest absolute Gasteiger partial charge is 0.243 e. The van der Waals surface area contributed by atoms with Crippen LogP contribution in [0.1, 0.15) is 31.9 Å². The molecule has 0 saturated carbocycles. The molecule has 0 spiro atoms. The van der Waals surface area contributed by atoms with Crippen LogP contribution >= 0.6 is 0 Å². The Morgan fingerprint density at radius 1 is 1.46 bits per heavy atom. The minimum atomic E-state index is -0.0259. The Labute approximate surface area is 155 Å². The summed E-state index contributed by atoms with van der Waals surface area (Å²) in [5.41, 5.74) is 0. The Hall–Kier alpha value is -2.16. The third-order valence-electron chi connectivity index (χ3n) is 4.07. The lowest BCUT2D eigenvalue weighted by atomic mass is 10.1. The first-order chi connectivity index (χ1) is 12.4. The first kappa shape index (κ1) is 20.2. The SMILES string of the molecule is COCc1nc2n(n1)CC(NC(=NCC(=O)N(C)C)NCC(C)C)CC2. The number of nitrogens with zero attached hydrogens (tertiary/aromatic N) is 5. The Morgan fingerprint density at radius 3 is 2.88 bits per heavy atom. The molecular formula is C17H31N7O2. The number of carbonyl (C=O) groups excluding carboxylic acids is 1. The molecule has 1 atom stereocenters. The van der Waals surface area contributed by atoms with E-state index in [1.807, 2.05) is 4.68 Å². The Bertz CT molecular complexity index is 625. The van der Waals surface area contributed by atoms with E-state index < -0.39 is 0 Å². The van der Waals surface area contributed by atoms with Crippen LogP contribution < -0.4 is 10.6 Å². The maximum Gasteiger partial charge on any atom is 0.243 e. The number of likely N-dealkylation sites (N-methyl/N-ethyl adjacent to an activating group) is 1. The summed E-state index contributed by atoms with van der Waals surface area (Å²) in [6.45, 7) is 6.33. The van der Waals surface area contributed by atoms with Gasteiger partial charge in [-0.25, -0.2) is 14.7 Å². The van der Waals surface area contributed by atoms with Crippen molar-refractivity contribution in [3.63, 3.8) is 0 Å². The molecule has 0 saturated heterocycles. The molecule has 0 bridgehead atoms. The van der Waals surface area contributed by atoms with E-state index in [4.69, 9.17) is 4.74 Å². The van der Waals surface area contributed by atoms with Gasteiger partial charge in [-0.2, -0.15) is 5.10 Å². The maximum absolute atomic E-state index is 11.8. The number of carbonyl (C=O) groups is 1. The Morgan fingerprint density at radius 2 is 2.23 bits per heavy atom. The molecule has 0 aliphatic carbocycles. The van der Waals surface area contributed by atoms with E-state index in [1.54, 1.807) is 26.1 Å². The highest BCUT2D eigenvalue weighted by molar-refractivity contribution is 5.84. The van der Waals surface area contributed by atoms with Crippen LogP contribution in [-0.4, -0.2) is 71.9 Å². The quantitative estimate of drug-likeness (QED) is 0.522. The zero-order valence-corrected chi connectivity index (χ0v) is 16.4. The minimum Gasteiger partial charge on any atom is -0.377 e. The number of aliphatic imine (C=N–C) groups is 1. The molecular weight excluding hydrogens is 334 g/mol. The van der Waals surface area contributed by atoms with Crippen LogP contribution in [0.15, 0.2) is 4.99 Å². The average molecular weight is 365 g/mol. The number of amides is 1. The molecule has 9 heteroatoms. The fourth-order valence-electron chi connectivity index (χ4n) is 2.60. The number of aryl methyl sites for hydroxylation is 1. The van der Waals surface area contributed by atoms with Crippen LogP contribution in [0.3, 0.4) is 0 Å². The van der Waals surface area contributed by atoms with E-state index in [0.717, 1.165) is 31.8 Å². The normalized spacial score (nSPS) is 17.2. The summed E-state index contributed by atoms with van der Waals surface area (Å²) in [5, 5.41) is 11.2. The standard InChI is InChI=1S/C17H31N7O2/c1-12(2)8-18-17(19-9-16(25)23(3)4)20-13-6-7-15-21-14(11-26-5)22-24(15)10-13/h12-13H,6-11H2,1-5H3,(H2,18,19,20). The van der Waals surface area contributed by atoms with Crippen LogP contribution in [0.5, 0.6) is 0 Å². The van der Waals surface area contributed by atoms with Gasteiger partial charge in [-0.15, -0.1) is 0 Å². The topological polar surface area (TPSA) is 96.7 Å². The van der Waals surface area contributed by atoms with Crippen LogP contribution in [0, 0.1) is 5.92 Å². The van der Waals surface area contributed by atoms with E-state index in [9.17, 15) is 4.79 Å². The van der Waals surface area contributed by atoms with Crippen molar-refractivity contribution < 1.29 is 9.53 Å². The van der Waals surface area contributed by atoms with Crippen molar-refractivity contribution in [2.75, 3.05) is 34.3 Å². The fourth-order valence-corrected chi connectivity index (χ4v) is 2.60. The highest BCUT2D eigenvalue weighted by atomic mass is 16.5. The lowest BCUT2D eigenvalue weighted by molar-refractivity contribution is -0.127. The van der Waals surface area contributed by atoms with E-state index in [0.29, 0.717) is 24.3 Å². The van der Waals surface area contributed by atoms with Crippen molar-refractivity contribution in [1.82, 2.24) is 30.3 Å². The second-order valence-corrected chi connectivity index (χ2v) is 7.17. The van der Waals surface area contributed by atoms with Crippen molar-refractivity contribution in [3.8, 4) is 0 Å². The number of hydrogen-bond donors (Lipinski definition) is 2. The molecule has 1 unspecified atom stereocenters. The monoisotopic (exact) mass is 365 g/mol. The third-order valence-corrected chi connectivity index (χ3v) is 4.07. The van der Waals surface area contributed by atoms with Gasteiger partial charge in [0.1, 0.15) is 19.0 Å². The zero-order chi connectivity index (χ0) is 19.1. The minimum absolute atomic E-state index is 0.0259. The zero-order valence-electron chi connectivity index (χ0n) is 16.4. The molecule has 1 aliphatic heterocycles. The van der Waals surface area contributed by atoms with Gasteiger partial charge >= 0.3 is 0 Å². The molecule has 1 aromatic rings. The van der Waals surface area contributed by atoms with Crippen LogP contribution in [0.2, 0.25) is 0 Å². The average Bonchev–Trinajstić information content (AvgIpc) is 2.98. The van der Waals surface area contributed by atoms with Crippen molar-refractivity contribution in [2.45, 2.75) is 45.9 Å².